The van der Waals surface area contributed by atoms with Crippen LogP contribution in [-0.2, 0) is 21.4 Å². The van der Waals surface area contributed by atoms with E-state index in [2.05, 4.69) is 53.6 Å². The summed E-state index contributed by atoms with van der Waals surface area (Å²) in [5.74, 6) is 0.344. The van der Waals surface area contributed by atoms with Crippen molar-refractivity contribution in [1.82, 2.24) is 9.29 Å². The molecule has 1 saturated heterocycles. The lowest BCUT2D eigenvalue weighted by molar-refractivity contribution is 0.134. The molecule has 172 valence electrons. The Hall–Kier alpha value is -2.87. The van der Waals surface area contributed by atoms with Crippen molar-refractivity contribution in [2.75, 3.05) is 25.4 Å². The van der Waals surface area contributed by atoms with Crippen molar-refractivity contribution in [2.24, 2.45) is 0 Å². The van der Waals surface area contributed by atoms with E-state index in [-0.39, 0.29) is 12.4 Å². The van der Waals surface area contributed by atoms with E-state index in [1.165, 1.54) is 22.1 Å². The fourth-order valence-electron chi connectivity index (χ4n) is 4.59. The van der Waals surface area contributed by atoms with E-state index < -0.39 is 10.0 Å². The van der Waals surface area contributed by atoms with Crippen molar-refractivity contribution in [2.45, 2.75) is 25.4 Å². The number of aromatic nitrogens is 1. The van der Waals surface area contributed by atoms with Crippen LogP contribution in [0.5, 0.6) is 0 Å². The Balaban J connectivity index is 1.21. The number of benzene rings is 2. The first-order valence-electron chi connectivity index (χ1n) is 11.3. The van der Waals surface area contributed by atoms with Crippen LogP contribution in [0.2, 0.25) is 0 Å². The highest BCUT2D eigenvalue weighted by Crippen LogP contribution is 2.35. The molecule has 2 aromatic heterocycles. The predicted molar refractivity (Wildman–Crippen MR) is 129 cm³/mol. The van der Waals surface area contributed by atoms with Gasteiger partial charge in [0.1, 0.15) is 0 Å². The van der Waals surface area contributed by atoms with Crippen LogP contribution in [0.1, 0.15) is 29.9 Å². The standard InChI is InChI=1S/C26H28N2O4S/c29-33(30,15-14-32-19-20-10-13-31-18-20)28-11-8-22(9-12-28)25-17-27-26-7-6-23(16-24(25)26)21-4-2-1-3-5-21/h1-7,10,13,16-18,22,27H,8-9,11-12,14-15,19H2. The second kappa shape index (κ2) is 9.55. The molecule has 4 aromatic rings. The second-order valence-corrected chi connectivity index (χ2v) is 10.6. The fraction of sp³-hybridized carbons (Fsp3) is 0.308. The number of nitrogens with one attached hydrogen (secondary N) is 1. The van der Waals surface area contributed by atoms with Crippen LogP contribution < -0.4 is 0 Å². The molecule has 1 aliphatic rings. The van der Waals surface area contributed by atoms with E-state index in [4.69, 9.17) is 9.15 Å². The molecule has 0 saturated carbocycles. The van der Waals surface area contributed by atoms with Crippen LogP contribution in [0, 0.1) is 0 Å². The van der Waals surface area contributed by atoms with Crippen LogP contribution in [0.25, 0.3) is 22.0 Å². The number of ether oxygens (including phenoxy) is 1. The summed E-state index contributed by atoms with van der Waals surface area (Å²) in [6.45, 7) is 1.62. The fourth-order valence-corrected chi connectivity index (χ4v) is 5.95. The first-order chi connectivity index (χ1) is 16.1. The van der Waals surface area contributed by atoms with Crippen molar-refractivity contribution in [3.63, 3.8) is 0 Å². The zero-order valence-electron chi connectivity index (χ0n) is 18.4. The average Bonchev–Trinajstić information content (AvgIpc) is 3.52. The smallest absolute Gasteiger partial charge is 0.216 e. The van der Waals surface area contributed by atoms with Crippen LogP contribution in [-0.4, -0.2) is 43.2 Å². The Kier molecular flexibility index (Phi) is 6.35. The number of hydrogen-bond donors (Lipinski definition) is 1. The number of sulfonamides is 1. The minimum atomic E-state index is -3.32. The zero-order chi connectivity index (χ0) is 22.7. The monoisotopic (exact) mass is 464 g/mol. The first kappa shape index (κ1) is 21.9. The van der Waals surface area contributed by atoms with Gasteiger partial charge in [-0.1, -0.05) is 36.4 Å². The summed E-state index contributed by atoms with van der Waals surface area (Å²) in [6.07, 6.45) is 6.91. The van der Waals surface area contributed by atoms with Gasteiger partial charge < -0.3 is 14.1 Å². The summed E-state index contributed by atoms with van der Waals surface area (Å²) in [5.41, 5.74) is 5.70. The van der Waals surface area contributed by atoms with Gasteiger partial charge in [0.15, 0.2) is 0 Å². The maximum atomic E-state index is 12.8. The number of H-pyrrole nitrogens is 1. The highest BCUT2D eigenvalue weighted by Gasteiger charge is 2.29. The van der Waals surface area contributed by atoms with Gasteiger partial charge in [-0.05, 0) is 53.6 Å². The lowest BCUT2D eigenvalue weighted by Crippen LogP contribution is -2.40. The largest absolute Gasteiger partial charge is 0.472 e. The number of aromatic amines is 1. The maximum absolute atomic E-state index is 12.8. The normalized spacial score (nSPS) is 15.9. The van der Waals surface area contributed by atoms with Gasteiger partial charge >= 0.3 is 0 Å². The predicted octanol–water partition coefficient (Wildman–Crippen LogP) is 5.15. The third kappa shape index (κ3) is 4.90. The molecule has 0 spiro atoms. The zero-order valence-corrected chi connectivity index (χ0v) is 19.3. The molecule has 0 aliphatic carbocycles. The lowest BCUT2D eigenvalue weighted by atomic mass is 9.89. The SMILES string of the molecule is O=S(=O)(CCOCc1ccoc1)N1CCC(c2c[nH]c3ccc(-c4ccccc4)cc23)CC1. The average molecular weight is 465 g/mol. The molecular formula is C26H28N2O4S. The summed E-state index contributed by atoms with van der Waals surface area (Å²) in [4.78, 5) is 3.40. The van der Waals surface area contributed by atoms with E-state index in [0.717, 1.165) is 23.9 Å². The number of piperidine rings is 1. The number of hydrogen-bond acceptors (Lipinski definition) is 4. The lowest BCUT2D eigenvalue weighted by Gasteiger charge is -2.31. The summed E-state index contributed by atoms with van der Waals surface area (Å²) < 4.78 is 37.7. The highest BCUT2D eigenvalue weighted by atomic mass is 32.2. The molecule has 0 amide bonds. The molecule has 7 heteroatoms. The van der Waals surface area contributed by atoms with Gasteiger partial charge in [0, 0.05) is 35.8 Å². The van der Waals surface area contributed by atoms with E-state index >= 15 is 0 Å². The summed E-state index contributed by atoms with van der Waals surface area (Å²) in [7, 11) is -3.32. The van der Waals surface area contributed by atoms with E-state index in [1.54, 1.807) is 16.8 Å². The minimum Gasteiger partial charge on any atom is -0.472 e. The van der Waals surface area contributed by atoms with Gasteiger partial charge in [-0.25, -0.2) is 12.7 Å². The maximum Gasteiger partial charge on any atom is 0.216 e. The van der Waals surface area contributed by atoms with Gasteiger partial charge in [-0.15, -0.1) is 0 Å². The summed E-state index contributed by atoms with van der Waals surface area (Å²) >= 11 is 0. The molecule has 2 aromatic carbocycles. The second-order valence-electron chi connectivity index (χ2n) is 8.54. The van der Waals surface area contributed by atoms with Crippen LogP contribution in [0.15, 0.2) is 77.7 Å². The quantitative estimate of drug-likeness (QED) is 0.366. The summed E-state index contributed by atoms with van der Waals surface area (Å²) in [5, 5.41) is 1.23. The third-order valence-corrected chi connectivity index (χ3v) is 8.28. The van der Waals surface area contributed by atoms with Gasteiger partial charge in [0.2, 0.25) is 10.0 Å². The Bertz CT molecular complexity index is 1290. The van der Waals surface area contributed by atoms with Gasteiger partial charge in [0.25, 0.3) is 0 Å². The molecule has 5 rings (SSSR count). The van der Waals surface area contributed by atoms with Crippen LogP contribution >= 0.6 is 0 Å². The third-order valence-electron chi connectivity index (χ3n) is 6.44. The highest BCUT2D eigenvalue weighted by molar-refractivity contribution is 7.89. The van der Waals surface area contributed by atoms with Crippen molar-refractivity contribution in [3.05, 3.63) is 84.4 Å². The molecule has 1 aliphatic heterocycles. The first-order valence-corrected chi connectivity index (χ1v) is 12.9. The van der Waals surface area contributed by atoms with Gasteiger partial charge in [-0.3, -0.25) is 0 Å². The van der Waals surface area contributed by atoms with Crippen molar-refractivity contribution < 1.29 is 17.6 Å². The van der Waals surface area contributed by atoms with E-state index in [1.807, 2.05) is 12.1 Å². The molecule has 6 nitrogen and oxygen atoms in total. The molecule has 0 atom stereocenters. The topological polar surface area (TPSA) is 75.5 Å². The van der Waals surface area contributed by atoms with Crippen molar-refractivity contribution in [1.29, 1.82) is 0 Å². The van der Waals surface area contributed by atoms with Crippen LogP contribution in [0.3, 0.4) is 0 Å². The molecule has 3 heterocycles. The molecule has 1 fully saturated rings. The molecule has 1 N–H and O–H groups in total. The van der Waals surface area contributed by atoms with E-state index in [0.29, 0.717) is 25.6 Å². The minimum absolute atomic E-state index is 0.00302. The van der Waals surface area contributed by atoms with Gasteiger partial charge in [-0.2, -0.15) is 0 Å². The van der Waals surface area contributed by atoms with Gasteiger partial charge in [0.05, 0.1) is 31.5 Å². The summed E-state index contributed by atoms with van der Waals surface area (Å²) in [6, 6.07) is 18.7. The Morgan fingerprint density at radius 2 is 1.85 bits per heavy atom. The number of fused-ring (bicyclic) bond motifs is 1. The Labute approximate surface area is 194 Å². The number of nitrogens with zero attached hydrogens (tertiary/aromatic N) is 1. The molecular weight excluding hydrogens is 436 g/mol. The van der Waals surface area contributed by atoms with Crippen molar-refractivity contribution >= 4 is 20.9 Å². The van der Waals surface area contributed by atoms with E-state index in [9.17, 15) is 8.42 Å². The number of rotatable bonds is 8. The molecule has 0 radical (unpaired) electrons. The number of furan rings is 1. The van der Waals surface area contributed by atoms with Crippen molar-refractivity contribution in [3.8, 4) is 11.1 Å². The molecule has 0 bridgehead atoms. The molecule has 33 heavy (non-hydrogen) atoms. The Morgan fingerprint density at radius 3 is 2.61 bits per heavy atom. The Morgan fingerprint density at radius 1 is 1.03 bits per heavy atom. The molecule has 0 unspecified atom stereocenters. The van der Waals surface area contributed by atoms with Crippen LogP contribution in [0.4, 0.5) is 0 Å².